The number of benzene rings is 1. The lowest BCUT2D eigenvalue weighted by atomic mass is 10.1. The van der Waals surface area contributed by atoms with Crippen LogP contribution < -0.4 is 0 Å². The number of nitriles is 1. The molecule has 0 saturated carbocycles. The Kier molecular flexibility index (Phi) is 3.74. The van der Waals surface area contributed by atoms with Gasteiger partial charge in [-0.2, -0.15) is 5.26 Å². The van der Waals surface area contributed by atoms with Gasteiger partial charge in [-0.3, -0.25) is 4.90 Å². The van der Waals surface area contributed by atoms with Gasteiger partial charge in [0.2, 0.25) is 0 Å². The maximum absolute atomic E-state index is 8.48. The van der Waals surface area contributed by atoms with E-state index < -0.39 is 0 Å². The van der Waals surface area contributed by atoms with Gasteiger partial charge in [-0.05, 0) is 43.1 Å². The van der Waals surface area contributed by atoms with Crippen LogP contribution in [0.15, 0.2) is 30.3 Å². The molecule has 1 fully saturated rings. The van der Waals surface area contributed by atoms with Crippen LogP contribution in [-0.4, -0.2) is 18.0 Å². The summed E-state index contributed by atoms with van der Waals surface area (Å²) in [4.78, 5) is 2.48. The largest absolute Gasteiger partial charge is 0.299 e. The highest BCUT2D eigenvalue weighted by atomic mass is 15.1. The van der Waals surface area contributed by atoms with Gasteiger partial charge >= 0.3 is 0 Å². The summed E-state index contributed by atoms with van der Waals surface area (Å²) >= 11 is 0. The smallest absolute Gasteiger partial charge is 0.0912 e. The van der Waals surface area contributed by atoms with Crippen molar-refractivity contribution in [3.05, 3.63) is 41.5 Å². The van der Waals surface area contributed by atoms with Crippen LogP contribution in [0.3, 0.4) is 0 Å². The van der Waals surface area contributed by atoms with Crippen molar-refractivity contribution in [3.63, 3.8) is 0 Å². The summed E-state index contributed by atoms with van der Waals surface area (Å²) in [6.07, 6.45) is 6.03. The minimum Gasteiger partial charge on any atom is -0.299 e. The van der Waals surface area contributed by atoms with Crippen LogP contribution in [0.5, 0.6) is 0 Å². The molecule has 82 valence electrons. The molecule has 0 unspecified atom stereocenters. The number of rotatable bonds is 3. The average Bonchev–Trinajstić information content (AvgIpc) is 2.80. The fraction of sp³-hybridized carbons (Fsp3) is 0.357. The summed E-state index contributed by atoms with van der Waals surface area (Å²) in [5.41, 5.74) is 2.44. The van der Waals surface area contributed by atoms with Gasteiger partial charge in [0.15, 0.2) is 0 Å². The first-order chi connectivity index (χ1) is 7.88. The average molecular weight is 212 g/mol. The van der Waals surface area contributed by atoms with Crippen molar-refractivity contribution in [2.75, 3.05) is 13.1 Å². The van der Waals surface area contributed by atoms with E-state index in [9.17, 15) is 0 Å². The number of hydrogen-bond donors (Lipinski definition) is 0. The zero-order valence-corrected chi connectivity index (χ0v) is 9.39. The Balaban J connectivity index is 2.04. The molecule has 1 aromatic rings. The van der Waals surface area contributed by atoms with Crippen LogP contribution in [0.25, 0.3) is 6.08 Å². The van der Waals surface area contributed by atoms with Crippen LogP contribution in [0.4, 0.5) is 0 Å². The predicted octanol–water partition coefficient (Wildman–Crippen LogP) is 2.82. The van der Waals surface area contributed by atoms with Crippen molar-refractivity contribution in [2.45, 2.75) is 19.4 Å². The first kappa shape index (κ1) is 10.9. The molecule has 0 N–H and O–H groups in total. The standard InChI is InChI=1S/C14H16N2/c15-8-4-7-13-5-3-6-14(11-13)12-16-9-1-2-10-16/h3-7,11H,1-2,9-10,12H2. The van der Waals surface area contributed by atoms with Crippen molar-refractivity contribution in [1.82, 2.24) is 4.90 Å². The van der Waals surface area contributed by atoms with Crippen molar-refractivity contribution in [1.29, 1.82) is 5.26 Å². The highest BCUT2D eigenvalue weighted by Gasteiger charge is 2.11. The quantitative estimate of drug-likeness (QED) is 0.720. The van der Waals surface area contributed by atoms with Crippen LogP contribution in [0.2, 0.25) is 0 Å². The molecule has 0 spiro atoms. The minimum atomic E-state index is 1.04. The zero-order chi connectivity index (χ0) is 11.2. The summed E-state index contributed by atoms with van der Waals surface area (Å²) in [7, 11) is 0. The van der Waals surface area contributed by atoms with Crippen molar-refractivity contribution in [2.24, 2.45) is 0 Å². The molecule has 0 aromatic heterocycles. The fourth-order valence-electron chi connectivity index (χ4n) is 2.13. The SMILES string of the molecule is N#CC=Cc1cccc(CN2CCCC2)c1. The summed E-state index contributed by atoms with van der Waals surface area (Å²) in [5, 5.41) is 8.48. The van der Waals surface area contributed by atoms with Gasteiger partial charge in [0, 0.05) is 12.6 Å². The molecule has 16 heavy (non-hydrogen) atoms. The molecule has 1 aliphatic rings. The topological polar surface area (TPSA) is 27.0 Å². The van der Waals surface area contributed by atoms with Gasteiger partial charge in [-0.25, -0.2) is 0 Å². The lowest BCUT2D eigenvalue weighted by Gasteiger charge is -2.14. The Hall–Kier alpha value is -1.59. The number of allylic oxidation sites excluding steroid dienone is 1. The van der Waals surface area contributed by atoms with Gasteiger partial charge in [0.1, 0.15) is 0 Å². The molecule has 0 bridgehead atoms. The molecular formula is C14H16N2. The summed E-state index contributed by atoms with van der Waals surface area (Å²) in [5.74, 6) is 0. The normalized spacial score (nSPS) is 16.7. The molecule has 0 amide bonds. The van der Waals surface area contributed by atoms with E-state index in [4.69, 9.17) is 5.26 Å². The Bertz CT molecular complexity index is 409. The second-order valence-electron chi connectivity index (χ2n) is 4.19. The maximum Gasteiger partial charge on any atom is 0.0912 e. The first-order valence-corrected chi connectivity index (χ1v) is 5.76. The van der Waals surface area contributed by atoms with Gasteiger partial charge < -0.3 is 0 Å². The van der Waals surface area contributed by atoms with E-state index >= 15 is 0 Å². The molecule has 2 heteroatoms. The van der Waals surface area contributed by atoms with Gasteiger partial charge in [0.25, 0.3) is 0 Å². The summed E-state index contributed by atoms with van der Waals surface area (Å²) in [6, 6.07) is 10.4. The van der Waals surface area contributed by atoms with Gasteiger partial charge in [-0.15, -0.1) is 0 Å². The molecule has 2 rings (SSSR count). The van der Waals surface area contributed by atoms with Crippen LogP contribution >= 0.6 is 0 Å². The lowest BCUT2D eigenvalue weighted by Crippen LogP contribution is -2.18. The van der Waals surface area contributed by atoms with E-state index in [0.717, 1.165) is 12.1 Å². The number of likely N-dealkylation sites (tertiary alicyclic amines) is 1. The molecule has 0 atom stereocenters. The van der Waals surface area contributed by atoms with E-state index in [0.29, 0.717) is 0 Å². The third-order valence-electron chi connectivity index (χ3n) is 2.91. The summed E-state index contributed by atoms with van der Waals surface area (Å²) < 4.78 is 0. The minimum absolute atomic E-state index is 1.04. The highest BCUT2D eigenvalue weighted by Crippen LogP contribution is 2.14. The molecule has 1 heterocycles. The van der Waals surface area contributed by atoms with Crippen molar-refractivity contribution in [3.8, 4) is 6.07 Å². The van der Waals surface area contributed by atoms with Gasteiger partial charge in [-0.1, -0.05) is 24.3 Å². The van der Waals surface area contributed by atoms with E-state index in [1.807, 2.05) is 18.2 Å². The molecule has 1 aromatic carbocycles. The van der Waals surface area contributed by atoms with E-state index in [2.05, 4.69) is 23.1 Å². The molecule has 2 nitrogen and oxygen atoms in total. The lowest BCUT2D eigenvalue weighted by molar-refractivity contribution is 0.331. The molecule has 0 radical (unpaired) electrons. The zero-order valence-electron chi connectivity index (χ0n) is 9.39. The number of hydrogen-bond acceptors (Lipinski definition) is 2. The molecular weight excluding hydrogens is 196 g/mol. The molecule has 1 saturated heterocycles. The van der Waals surface area contributed by atoms with E-state index in [1.165, 1.54) is 37.6 Å². The van der Waals surface area contributed by atoms with Gasteiger partial charge in [0.05, 0.1) is 6.07 Å². The van der Waals surface area contributed by atoms with Crippen LogP contribution in [-0.2, 0) is 6.54 Å². The summed E-state index contributed by atoms with van der Waals surface area (Å²) in [6.45, 7) is 3.48. The monoisotopic (exact) mass is 212 g/mol. The van der Waals surface area contributed by atoms with E-state index in [-0.39, 0.29) is 0 Å². The van der Waals surface area contributed by atoms with Crippen molar-refractivity contribution >= 4 is 6.08 Å². The van der Waals surface area contributed by atoms with Crippen LogP contribution in [0, 0.1) is 11.3 Å². The van der Waals surface area contributed by atoms with Crippen molar-refractivity contribution < 1.29 is 0 Å². The maximum atomic E-state index is 8.48. The van der Waals surface area contributed by atoms with Crippen LogP contribution in [0.1, 0.15) is 24.0 Å². The molecule has 1 aliphatic heterocycles. The highest BCUT2D eigenvalue weighted by molar-refractivity contribution is 5.52. The molecule has 0 aliphatic carbocycles. The fourth-order valence-corrected chi connectivity index (χ4v) is 2.13. The Morgan fingerprint density at radius 1 is 1.31 bits per heavy atom. The Morgan fingerprint density at radius 2 is 2.12 bits per heavy atom. The number of nitrogens with zero attached hydrogens (tertiary/aromatic N) is 2. The first-order valence-electron chi connectivity index (χ1n) is 5.76. The Morgan fingerprint density at radius 3 is 2.88 bits per heavy atom. The third-order valence-corrected chi connectivity index (χ3v) is 2.91. The third kappa shape index (κ3) is 2.95. The second-order valence-corrected chi connectivity index (χ2v) is 4.19. The van der Waals surface area contributed by atoms with E-state index in [1.54, 1.807) is 0 Å². The predicted molar refractivity (Wildman–Crippen MR) is 65.6 cm³/mol. The second kappa shape index (κ2) is 5.48. The Labute approximate surface area is 96.8 Å².